The fraction of sp³-hybridized carbons (Fsp3) is 0.147. The lowest BCUT2D eigenvalue weighted by Gasteiger charge is -2.38. The maximum absolute atomic E-state index is 14.2. The Hall–Kier alpha value is -5.24. The Morgan fingerprint density at radius 3 is 2.26 bits per heavy atom. The Morgan fingerprint density at radius 2 is 1.57 bits per heavy atom. The maximum atomic E-state index is 14.2. The van der Waals surface area contributed by atoms with Gasteiger partial charge >= 0.3 is 0 Å². The van der Waals surface area contributed by atoms with Gasteiger partial charge in [0.05, 0.1) is 11.4 Å². The van der Waals surface area contributed by atoms with E-state index in [0.717, 1.165) is 11.3 Å². The summed E-state index contributed by atoms with van der Waals surface area (Å²) in [6.45, 7) is 4.15. The summed E-state index contributed by atoms with van der Waals surface area (Å²) >= 11 is 0. The van der Waals surface area contributed by atoms with Crippen molar-refractivity contribution < 1.29 is 18.7 Å². The number of aromatic nitrogens is 2. The standard InChI is InChI=1S/C34H29FN4O3/c1-3-38-33-29(22(2)37-39(33)26-12-6-4-7-13-26)30(23-17-19-25(35)20-18-23)31(34(38)41)36-32(40)24-11-10-16-28(21-24)42-27-14-8-5-9-15-27/h4-21,30-31H,3H2,1-2H3,(H,36,40). The zero-order valence-electron chi connectivity index (χ0n) is 23.2. The summed E-state index contributed by atoms with van der Waals surface area (Å²) in [5.74, 6) is 0.101. The van der Waals surface area contributed by atoms with E-state index in [-0.39, 0.29) is 11.7 Å². The third kappa shape index (κ3) is 5.03. The number of ether oxygens (including phenoxy) is 1. The van der Waals surface area contributed by atoms with Gasteiger partial charge in [0, 0.05) is 23.6 Å². The summed E-state index contributed by atoms with van der Waals surface area (Å²) in [6, 6.07) is 30.8. The van der Waals surface area contributed by atoms with E-state index in [1.165, 1.54) is 12.1 Å². The molecule has 210 valence electrons. The highest BCUT2D eigenvalue weighted by Gasteiger charge is 2.45. The Labute approximate surface area is 243 Å². The smallest absolute Gasteiger partial charge is 0.252 e. The Morgan fingerprint density at radius 1 is 0.905 bits per heavy atom. The molecule has 0 saturated heterocycles. The number of hydrogen-bond acceptors (Lipinski definition) is 4. The van der Waals surface area contributed by atoms with Crippen LogP contribution in [0.4, 0.5) is 10.2 Å². The van der Waals surface area contributed by atoms with Crippen molar-refractivity contribution >= 4 is 17.6 Å². The average Bonchev–Trinajstić information content (AvgIpc) is 3.35. The van der Waals surface area contributed by atoms with Crippen molar-refractivity contribution in [3.05, 3.63) is 137 Å². The van der Waals surface area contributed by atoms with Crippen LogP contribution in [0.5, 0.6) is 11.5 Å². The van der Waals surface area contributed by atoms with Crippen LogP contribution in [-0.4, -0.2) is 34.2 Å². The molecule has 2 heterocycles. The molecule has 0 spiro atoms. The third-order valence-corrected chi connectivity index (χ3v) is 7.42. The molecule has 7 nitrogen and oxygen atoms in total. The number of fused-ring (bicyclic) bond motifs is 1. The number of carbonyl (C=O) groups excluding carboxylic acids is 2. The van der Waals surface area contributed by atoms with Crippen LogP contribution in [0.15, 0.2) is 109 Å². The van der Waals surface area contributed by atoms with E-state index in [1.807, 2.05) is 74.5 Å². The topological polar surface area (TPSA) is 76.5 Å². The summed E-state index contributed by atoms with van der Waals surface area (Å²) in [6.07, 6.45) is 0. The summed E-state index contributed by atoms with van der Waals surface area (Å²) in [5.41, 5.74) is 3.37. The fourth-order valence-electron chi connectivity index (χ4n) is 5.51. The first-order valence-corrected chi connectivity index (χ1v) is 13.8. The van der Waals surface area contributed by atoms with Crippen LogP contribution >= 0.6 is 0 Å². The van der Waals surface area contributed by atoms with Crippen LogP contribution in [-0.2, 0) is 4.79 Å². The molecule has 4 aromatic carbocycles. The van der Waals surface area contributed by atoms with Crippen molar-refractivity contribution in [3.8, 4) is 17.2 Å². The SMILES string of the molecule is CCN1C(=O)C(NC(=O)c2cccc(Oc3ccccc3)c2)C(c2ccc(F)cc2)c2c(C)nn(-c3ccccc3)c21. The minimum atomic E-state index is -0.957. The molecule has 1 N–H and O–H groups in total. The highest BCUT2D eigenvalue weighted by molar-refractivity contribution is 6.05. The van der Waals surface area contributed by atoms with E-state index < -0.39 is 17.9 Å². The summed E-state index contributed by atoms with van der Waals surface area (Å²) in [5, 5.41) is 7.84. The third-order valence-electron chi connectivity index (χ3n) is 7.42. The number of rotatable bonds is 7. The van der Waals surface area contributed by atoms with E-state index in [0.29, 0.717) is 40.7 Å². The number of benzene rings is 4. The van der Waals surface area contributed by atoms with E-state index >= 15 is 0 Å². The van der Waals surface area contributed by atoms with Gasteiger partial charge in [-0.15, -0.1) is 0 Å². The minimum absolute atomic E-state index is 0.276. The van der Waals surface area contributed by atoms with Gasteiger partial charge in [-0.1, -0.05) is 54.6 Å². The number of halogens is 1. The van der Waals surface area contributed by atoms with E-state index in [4.69, 9.17) is 9.84 Å². The van der Waals surface area contributed by atoms with Gasteiger partial charge in [0.2, 0.25) is 0 Å². The first-order valence-electron chi connectivity index (χ1n) is 13.8. The predicted octanol–water partition coefficient (Wildman–Crippen LogP) is 6.41. The minimum Gasteiger partial charge on any atom is -0.457 e. The second kappa shape index (κ2) is 11.3. The molecule has 1 aliphatic rings. The molecular formula is C34H29FN4O3. The number of likely N-dealkylation sites (N-methyl/N-ethyl adjacent to an activating group) is 1. The lowest BCUT2D eigenvalue weighted by Crippen LogP contribution is -2.55. The molecule has 0 radical (unpaired) electrons. The molecule has 0 saturated carbocycles. The maximum Gasteiger partial charge on any atom is 0.252 e. The van der Waals surface area contributed by atoms with E-state index in [2.05, 4.69) is 5.32 Å². The zero-order valence-corrected chi connectivity index (χ0v) is 23.2. The van der Waals surface area contributed by atoms with E-state index in [1.54, 1.807) is 46.0 Å². The molecule has 1 aliphatic heterocycles. The molecule has 5 aromatic rings. The number of nitrogens with zero attached hydrogens (tertiary/aromatic N) is 3. The molecule has 2 unspecified atom stereocenters. The molecule has 8 heteroatoms. The number of para-hydroxylation sites is 2. The summed E-state index contributed by atoms with van der Waals surface area (Å²) < 4.78 is 21.7. The van der Waals surface area contributed by atoms with Crippen LogP contribution in [0.25, 0.3) is 5.69 Å². The first-order chi connectivity index (χ1) is 20.4. The Bertz CT molecular complexity index is 1740. The number of aryl methyl sites for hydroxylation is 1. The molecule has 0 bridgehead atoms. The normalized spacial score (nSPS) is 16.2. The quantitative estimate of drug-likeness (QED) is 0.250. The number of carbonyl (C=O) groups is 2. The zero-order chi connectivity index (χ0) is 29.2. The van der Waals surface area contributed by atoms with Gasteiger partial charge in [-0.2, -0.15) is 5.10 Å². The molecule has 6 rings (SSSR count). The first kappa shape index (κ1) is 27.0. The van der Waals surface area contributed by atoms with Crippen molar-refractivity contribution in [1.29, 1.82) is 0 Å². The van der Waals surface area contributed by atoms with Crippen LogP contribution in [0.2, 0.25) is 0 Å². The number of hydrogen-bond donors (Lipinski definition) is 1. The van der Waals surface area contributed by atoms with Crippen LogP contribution in [0.1, 0.15) is 40.0 Å². The van der Waals surface area contributed by atoms with Crippen LogP contribution < -0.4 is 15.0 Å². The van der Waals surface area contributed by atoms with Gasteiger partial charge in [-0.3, -0.25) is 14.5 Å². The molecular weight excluding hydrogens is 531 g/mol. The van der Waals surface area contributed by atoms with Gasteiger partial charge in [0.15, 0.2) is 0 Å². The molecule has 0 aliphatic carbocycles. The van der Waals surface area contributed by atoms with Gasteiger partial charge in [-0.25, -0.2) is 9.07 Å². The molecule has 2 atom stereocenters. The van der Waals surface area contributed by atoms with Crippen molar-refractivity contribution in [2.45, 2.75) is 25.8 Å². The second-order valence-electron chi connectivity index (χ2n) is 10.1. The molecule has 42 heavy (non-hydrogen) atoms. The van der Waals surface area contributed by atoms with Gasteiger partial charge in [-0.05, 0) is 74.0 Å². The molecule has 0 fully saturated rings. The number of nitrogens with one attached hydrogen (secondary N) is 1. The lowest BCUT2D eigenvalue weighted by molar-refractivity contribution is -0.121. The monoisotopic (exact) mass is 560 g/mol. The van der Waals surface area contributed by atoms with Crippen molar-refractivity contribution in [1.82, 2.24) is 15.1 Å². The predicted molar refractivity (Wildman–Crippen MR) is 159 cm³/mol. The molecule has 2 amide bonds. The van der Waals surface area contributed by atoms with Gasteiger partial charge < -0.3 is 10.1 Å². The van der Waals surface area contributed by atoms with Crippen LogP contribution in [0.3, 0.4) is 0 Å². The highest BCUT2D eigenvalue weighted by Crippen LogP contribution is 2.43. The Kier molecular flexibility index (Phi) is 7.27. The molecule has 1 aromatic heterocycles. The summed E-state index contributed by atoms with van der Waals surface area (Å²) in [7, 11) is 0. The lowest BCUT2D eigenvalue weighted by atomic mass is 9.81. The summed E-state index contributed by atoms with van der Waals surface area (Å²) in [4.78, 5) is 29.6. The highest BCUT2D eigenvalue weighted by atomic mass is 19.1. The van der Waals surface area contributed by atoms with Crippen LogP contribution in [0, 0.1) is 12.7 Å². The van der Waals surface area contributed by atoms with Crippen molar-refractivity contribution in [2.75, 3.05) is 11.4 Å². The van der Waals surface area contributed by atoms with Crippen molar-refractivity contribution in [2.24, 2.45) is 0 Å². The average molecular weight is 561 g/mol. The van der Waals surface area contributed by atoms with Gasteiger partial charge in [0.25, 0.3) is 11.8 Å². The van der Waals surface area contributed by atoms with Gasteiger partial charge in [0.1, 0.15) is 29.2 Å². The van der Waals surface area contributed by atoms with Crippen molar-refractivity contribution in [3.63, 3.8) is 0 Å². The number of amides is 2. The number of anilines is 1. The van der Waals surface area contributed by atoms with E-state index in [9.17, 15) is 14.0 Å². The fourth-order valence-corrected chi connectivity index (χ4v) is 5.51. The second-order valence-corrected chi connectivity index (χ2v) is 10.1. The Balaban J connectivity index is 1.41. The largest absolute Gasteiger partial charge is 0.457 e.